The second-order valence-electron chi connectivity index (χ2n) is 6.22. The zero-order valence-electron chi connectivity index (χ0n) is 13.7. The molecule has 122 valence electrons. The van der Waals surface area contributed by atoms with Gasteiger partial charge in [0.05, 0.1) is 11.3 Å². The van der Waals surface area contributed by atoms with Crippen molar-refractivity contribution in [2.75, 3.05) is 26.2 Å². The zero-order chi connectivity index (χ0) is 16.5. The Kier molecular flexibility index (Phi) is 3.78. The van der Waals surface area contributed by atoms with Gasteiger partial charge in [-0.1, -0.05) is 29.8 Å². The molecule has 3 heterocycles. The molecule has 0 atom stereocenters. The van der Waals surface area contributed by atoms with E-state index in [1.165, 1.54) is 5.56 Å². The monoisotopic (exact) mass is 320 g/mol. The number of hydrogen-bond donors (Lipinski definition) is 1. The van der Waals surface area contributed by atoms with Gasteiger partial charge in [0.15, 0.2) is 0 Å². The first-order chi connectivity index (χ1) is 11.7. The topological polar surface area (TPSA) is 49.6 Å². The normalized spacial score (nSPS) is 15.0. The van der Waals surface area contributed by atoms with Crippen molar-refractivity contribution in [3.8, 4) is 11.3 Å². The molecule has 0 saturated carbocycles. The van der Waals surface area contributed by atoms with Crippen molar-refractivity contribution in [1.29, 1.82) is 0 Å². The zero-order valence-corrected chi connectivity index (χ0v) is 13.7. The van der Waals surface area contributed by atoms with Crippen molar-refractivity contribution >= 4 is 11.6 Å². The van der Waals surface area contributed by atoms with Gasteiger partial charge in [-0.2, -0.15) is 0 Å². The van der Waals surface area contributed by atoms with Crippen molar-refractivity contribution in [3.05, 3.63) is 59.9 Å². The van der Waals surface area contributed by atoms with Crippen molar-refractivity contribution in [2.24, 2.45) is 0 Å². The number of carbonyl (C=O) groups excluding carboxylic acids is 1. The van der Waals surface area contributed by atoms with Crippen LogP contribution >= 0.6 is 0 Å². The van der Waals surface area contributed by atoms with Crippen LogP contribution in [0.1, 0.15) is 15.9 Å². The summed E-state index contributed by atoms with van der Waals surface area (Å²) >= 11 is 0. The number of aryl methyl sites for hydroxylation is 1. The van der Waals surface area contributed by atoms with Crippen LogP contribution in [-0.4, -0.2) is 46.4 Å². The van der Waals surface area contributed by atoms with Crippen LogP contribution in [0.3, 0.4) is 0 Å². The van der Waals surface area contributed by atoms with Crippen molar-refractivity contribution in [1.82, 2.24) is 19.6 Å². The molecule has 0 aliphatic carbocycles. The van der Waals surface area contributed by atoms with Gasteiger partial charge in [-0.3, -0.25) is 4.79 Å². The van der Waals surface area contributed by atoms with Crippen LogP contribution in [0, 0.1) is 6.92 Å². The number of nitrogens with zero attached hydrogens (tertiary/aromatic N) is 3. The van der Waals surface area contributed by atoms with Gasteiger partial charge < -0.3 is 14.6 Å². The lowest BCUT2D eigenvalue weighted by Gasteiger charge is -2.27. The van der Waals surface area contributed by atoms with Crippen molar-refractivity contribution in [2.45, 2.75) is 6.92 Å². The Morgan fingerprint density at radius 2 is 1.79 bits per heavy atom. The van der Waals surface area contributed by atoms with E-state index in [0.29, 0.717) is 5.56 Å². The number of aromatic nitrogens is 2. The highest BCUT2D eigenvalue weighted by molar-refractivity contribution is 5.94. The summed E-state index contributed by atoms with van der Waals surface area (Å²) in [4.78, 5) is 19.2. The lowest BCUT2D eigenvalue weighted by atomic mass is 10.1. The number of hydrogen-bond acceptors (Lipinski definition) is 3. The van der Waals surface area contributed by atoms with Crippen LogP contribution in [-0.2, 0) is 0 Å². The number of fused-ring (bicyclic) bond motifs is 1. The van der Waals surface area contributed by atoms with Crippen LogP contribution in [0.15, 0.2) is 48.8 Å². The third-order valence-corrected chi connectivity index (χ3v) is 4.45. The number of nitrogens with one attached hydrogen (secondary N) is 1. The van der Waals surface area contributed by atoms with E-state index in [0.717, 1.165) is 43.1 Å². The fourth-order valence-corrected chi connectivity index (χ4v) is 3.03. The molecular weight excluding hydrogens is 300 g/mol. The highest BCUT2D eigenvalue weighted by Gasteiger charge is 2.18. The number of benzene rings is 1. The molecule has 0 bridgehead atoms. The van der Waals surface area contributed by atoms with Gasteiger partial charge in [-0.05, 0) is 19.1 Å². The fourth-order valence-electron chi connectivity index (χ4n) is 3.03. The standard InChI is InChI=1S/C19H20N4O/c1-14-2-4-15(5-3-14)17-13-23-12-16(6-7-18(23)21-17)19(24)22-10-8-20-9-11-22/h2-7,12-13,20H,8-11H2,1H3. The molecule has 5 nitrogen and oxygen atoms in total. The van der Waals surface area contributed by atoms with Gasteiger partial charge in [0.2, 0.25) is 0 Å². The minimum Gasteiger partial charge on any atom is -0.336 e. The lowest BCUT2D eigenvalue weighted by molar-refractivity contribution is 0.0735. The van der Waals surface area contributed by atoms with Gasteiger partial charge in [-0.15, -0.1) is 0 Å². The summed E-state index contributed by atoms with van der Waals surface area (Å²) < 4.78 is 1.94. The molecule has 3 aromatic rings. The second kappa shape index (κ2) is 6.09. The van der Waals surface area contributed by atoms with Crippen LogP contribution in [0.4, 0.5) is 0 Å². The molecule has 0 unspecified atom stereocenters. The smallest absolute Gasteiger partial charge is 0.255 e. The number of imidazole rings is 1. The fraction of sp³-hybridized carbons (Fsp3) is 0.263. The predicted molar refractivity (Wildman–Crippen MR) is 94.1 cm³/mol. The third-order valence-electron chi connectivity index (χ3n) is 4.45. The van der Waals surface area contributed by atoms with E-state index in [2.05, 4.69) is 41.5 Å². The van der Waals surface area contributed by atoms with Gasteiger partial charge in [0.1, 0.15) is 5.65 Å². The first kappa shape index (κ1) is 14.9. The Labute approximate surface area is 140 Å². The van der Waals surface area contributed by atoms with Gasteiger partial charge in [0, 0.05) is 44.1 Å². The molecule has 5 heteroatoms. The minimum absolute atomic E-state index is 0.0870. The Hall–Kier alpha value is -2.66. The van der Waals surface area contributed by atoms with E-state index in [1.54, 1.807) is 0 Å². The molecular formula is C19H20N4O. The summed E-state index contributed by atoms with van der Waals surface area (Å²) in [5, 5.41) is 3.27. The van der Waals surface area contributed by atoms with Crippen LogP contribution in [0.2, 0.25) is 0 Å². The highest BCUT2D eigenvalue weighted by Crippen LogP contribution is 2.20. The SMILES string of the molecule is Cc1ccc(-c2cn3cc(C(=O)N4CCNCC4)ccc3n2)cc1. The molecule has 4 rings (SSSR count). The Morgan fingerprint density at radius 1 is 1.04 bits per heavy atom. The van der Waals surface area contributed by atoms with Gasteiger partial charge >= 0.3 is 0 Å². The summed E-state index contributed by atoms with van der Waals surface area (Å²) in [7, 11) is 0. The van der Waals surface area contributed by atoms with E-state index in [9.17, 15) is 4.79 Å². The molecule has 1 amide bonds. The Morgan fingerprint density at radius 3 is 2.54 bits per heavy atom. The molecule has 1 aliphatic heterocycles. The molecule has 1 N–H and O–H groups in total. The predicted octanol–water partition coefficient (Wildman–Crippen LogP) is 2.36. The maximum atomic E-state index is 12.6. The minimum atomic E-state index is 0.0870. The molecule has 1 aliphatic rings. The van der Waals surface area contributed by atoms with Crippen molar-refractivity contribution in [3.63, 3.8) is 0 Å². The number of carbonyl (C=O) groups is 1. The quantitative estimate of drug-likeness (QED) is 0.788. The van der Waals surface area contributed by atoms with Crippen LogP contribution in [0.5, 0.6) is 0 Å². The van der Waals surface area contributed by atoms with E-state index in [-0.39, 0.29) is 5.91 Å². The number of amides is 1. The van der Waals surface area contributed by atoms with Crippen LogP contribution in [0.25, 0.3) is 16.9 Å². The van der Waals surface area contributed by atoms with Gasteiger partial charge in [-0.25, -0.2) is 4.98 Å². The van der Waals surface area contributed by atoms with E-state index < -0.39 is 0 Å². The first-order valence-corrected chi connectivity index (χ1v) is 8.26. The van der Waals surface area contributed by atoms with E-state index in [1.807, 2.05) is 33.8 Å². The average Bonchev–Trinajstić information content (AvgIpc) is 3.05. The maximum Gasteiger partial charge on any atom is 0.255 e. The number of pyridine rings is 1. The van der Waals surface area contributed by atoms with Crippen LogP contribution < -0.4 is 5.32 Å². The lowest BCUT2D eigenvalue weighted by Crippen LogP contribution is -2.46. The van der Waals surface area contributed by atoms with E-state index in [4.69, 9.17) is 0 Å². The summed E-state index contributed by atoms with van der Waals surface area (Å²) in [6.45, 7) is 5.31. The second-order valence-corrected chi connectivity index (χ2v) is 6.22. The average molecular weight is 320 g/mol. The molecule has 1 fully saturated rings. The van der Waals surface area contributed by atoms with Crippen molar-refractivity contribution < 1.29 is 4.79 Å². The summed E-state index contributed by atoms with van der Waals surface area (Å²) in [6, 6.07) is 12.1. The Bertz CT molecular complexity index is 876. The maximum absolute atomic E-state index is 12.6. The molecule has 2 aromatic heterocycles. The summed E-state index contributed by atoms with van der Waals surface area (Å²) in [5.74, 6) is 0.0870. The third kappa shape index (κ3) is 2.78. The highest BCUT2D eigenvalue weighted by atomic mass is 16.2. The number of rotatable bonds is 2. The Balaban J connectivity index is 1.65. The number of piperazine rings is 1. The molecule has 24 heavy (non-hydrogen) atoms. The summed E-state index contributed by atoms with van der Waals surface area (Å²) in [6.07, 6.45) is 3.86. The largest absolute Gasteiger partial charge is 0.336 e. The van der Waals surface area contributed by atoms with E-state index >= 15 is 0 Å². The first-order valence-electron chi connectivity index (χ1n) is 8.26. The van der Waals surface area contributed by atoms with Gasteiger partial charge in [0.25, 0.3) is 5.91 Å². The summed E-state index contributed by atoms with van der Waals surface area (Å²) in [5.41, 5.74) is 4.78. The molecule has 1 saturated heterocycles. The molecule has 1 aromatic carbocycles. The molecule has 0 radical (unpaired) electrons. The molecule has 0 spiro atoms.